The summed E-state index contributed by atoms with van der Waals surface area (Å²) in [5.74, 6) is -0.176. The highest BCUT2D eigenvalue weighted by Crippen LogP contribution is 2.28. The normalized spacial score (nSPS) is 18.6. The van der Waals surface area contributed by atoms with Crippen molar-refractivity contribution in [3.8, 4) is 0 Å². The van der Waals surface area contributed by atoms with Gasteiger partial charge in [-0.05, 0) is 37.5 Å². The van der Waals surface area contributed by atoms with Crippen molar-refractivity contribution in [3.63, 3.8) is 0 Å². The third-order valence-corrected chi connectivity index (χ3v) is 6.42. The van der Waals surface area contributed by atoms with Gasteiger partial charge < -0.3 is 5.32 Å². The zero-order valence-electron chi connectivity index (χ0n) is 15.6. The molecule has 0 saturated carbocycles. The first-order valence-electron chi connectivity index (χ1n) is 8.88. The van der Waals surface area contributed by atoms with Crippen molar-refractivity contribution in [1.29, 1.82) is 0 Å². The van der Waals surface area contributed by atoms with Gasteiger partial charge in [0.2, 0.25) is 0 Å². The van der Waals surface area contributed by atoms with Gasteiger partial charge in [0.25, 0.3) is 5.91 Å². The number of Topliss-reactive ketones (excluding diaryl/α,β-unsaturated/α-hetero) is 1. The van der Waals surface area contributed by atoms with Crippen LogP contribution in [0, 0.1) is 0 Å². The zero-order valence-corrected chi connectivity index (χ0v) is 16.4. The number of hydrogen-bond acceptors (Lipinski definition) is 5. The highest BCUT2D eigenvalue weighted by molar-refractivity contribution is 7.91. The van der Waals surface area contributed by atoms with Crippen molar-refractivity contribution < 1.29 is 18.0 Å². The fourth-order valence-corrected chi connectivity index (χ4v) is 4.91. The minimum atomic E-state index is -3.05. The number of nitrogens with one attached hydrogen (secondary N) is 1. The van der Waals surface area contributed by atoms with Crippen molar-refractivity contribution in [2.45, 2.75) is 39.2 Å². The molecule has 1 amide bonds. The minimum absolute atomic E-state index is 0.0517. The molecule has 1 unspecified atom stereocenters. The average molecular weight is 389 g/mol. The van der Waals surface area contributed by atoms with E-state index in [1.54, 1.807) is 35.0 Å². The van der Waals surface area contributed by atoms with Crippen LogP contribution in [0.15, 0.2) is 30.3 Å². The molecular formula is C19H23N3O4S. The third-order valence-electron chi connectivity index (χ3n) is 4.67. The molecule has 1 atom stereocenters. The average Bonchev–Trinajstić information content (AvgIpc) is 3.18. The number of amides is 1. The van der Waals surface area contributed by atoms with Crippen LogP contribution in [0.1, 0.15) is 65.7 Å². The quantitative estimate of drug-likeness (QED) is 0.793. The van der Waals surface area contributed by atoms with Gasteiger partial charge >= 0.3 is 0 Å². The van der Waals surface area contributed by atoms with E-state index in [1.165, 1.54) is 6.92 Å². The number of aromatic nitrogens is 2. The maximum absolute atomic E-state index is 12.6. The number of benzene rings is 1. The summed E-state index contributed by atoms with van der Waals surface area (Å²) in [6, 6.07) is 8.17. The molecule has 1 N–H and O–H groups in total. The second-order valence-electron chi connectivity index (χ2n) is 7.20. The molecule has 0 radical (unpaired) electrons. The first-order chi connectivity index (χ1) is 12.7. The Bertz CT molecular complexity index is 992. The molecule has 1 saturated heterocycles. The van der Waals surface area contributed by atoms with Crippen LogP contribution in [0.4, 0.5) is 5.69 Å². The Hall–Kier alpha value is -2.48. The molecule has 1 aromatic carbocycles. The Balaban J connectivity index is 1.86. The molecule has 0 spiro atoms. The van der Waals surface area contributed by atoms with Crippen LogP contribution in [0.25, 0.3) is 0 Å². The van der Waals surface area contributed by atoms with E-state index < -0.39 is 15.7 Å². The summed E-state index contributed by atoms with van der Waals surface area (Å²) in [6.45, 7) is 5.43. The lowest BCUT2D eigenvalue weighted by Crippen LogP contribution is -2.17. The highest BCUT2D eigenvalue weighted by atomic mass is 32.2. The number of hydrogen-bond donors (Lipinski definition) is 1. The lowest BCUT2D eigenvalue weighted by Gasteiger charge is -2.15. The van der Waals surface area contributed by atoms with E-state index in [0.29, 0.717) is 17.7 Å². The van der Waals surface area contributed by atoms with Crippen molar-refractivity contribution in [2.75, 3.05) is 16.8 Å². The molecule has 1 aromatic heterocycles. The molecule has 0 aliphatic carbocycles. The SMILES string of the molecule is CC(=O)c1cccc(NC(=O)c2cc(C(C)C)n(C3CCS(=O)(=O)C3)n2)c1. The molecular weight excluding hydrogens is 366 g/mol. The number of carbonyl (C=O) groups excluding carboxylic acids is 2. The number of anilines is 1. The predicted molar refractivity (Wildman–Crippen MR) is 103 cm³/mol. The van der Waals surface area contributed by atoms with E-state index in [-0.39, 0.29) is 34.9 Å². The summed E-state index contributed by atoms with van der Waals surface area (Å²) in [5.41, 5.74) is 2.09. The minimum Gasteiger partial charge on any atom is -0.321 e. The van der Waals surface area contributed by atoms with Gasteiger partial charge in [-0.25, -0.2) is 8.42 Å². The number of sulfone groups is 1. The van der Waals surface area contributed by atoms with Crippen LogP contribution in [-0.2, 0) is 9.84 Å². The smallest absolute Gasteiger partial charge is 0.276 e. The Morgan fingerprint density at radius 1 is 1.26 bits per heavy atom. The maximum Gasteiger partial charge on any atom is 0.276 e. The Morgan fingerprint density at radius 2 is 2.00 bits per heavy atom. The van der Waals surface area contributed by atoms with Gasteiger partial charge in [0.15, 0.2) is 21.3 Å². The van der Waals surface area contributed by atoms with E-state index in [2.05, 4.69) is 10.4 Å². The largest absolute Gasteiger partial charge is 0.321 e. The standard InChI is InChI=1S/C19H23N3O4S/c1-12(2)18-10-17(21-22(18)16-7-8-27(25,26)11-16)19(24)20-15-6-4-5-14(9-15)13(3)23/h4-6,9-10,12,16H,7-8,11H2,1-3H3,(H,20,24). The second-order valence-corrected chi connectivity index (χ2v) is 9.43. The van der Waals surface area contributed by atoms with Gasteiger partial charge in [-0.2, -0.15) is 5.10 Å². The van der Waals surface area contributed by atoms with Crippen molar-refractivity contribution >= 4 is 27.2 Å². The van der Waals surface area contributed by atoms with Crippen LogP contribution >= 0.6 is 0 Å². The van der Waals surface area contributed by atoms with Crippen LogP contribution < -0.4 is 5.32 Å². The topological polar surface area (TPSA) is 98.1 Å². The molecule has 1 fully saturated rings. The van der Waals surface area contributed by atoms with Crippen molar-refractivity contribution in [2.24, 2.45) is 0 Å². The molecule has 0 bridgehead atoms. The van der Waals surface area contributed by atoms with E-state index in [0.717, 1.165) is 5.69 Å². The van der Waals surface area contributed by atoms with E-state index in [9.17, 15) is 18.0 Å². The van der Waals surface area contributed by atoms with Gasteiger partial charge in [-0.1, -0.05) is 26.0 Å². The summed E-state index contributed by atoms with van der Waals surface area (Å²) in [5, 5.41) is 7.16. The summed E-state index contributed by atoms with van der Waals surface area (Å²) >= 11 is 0. The molecule has 1 aliphatic heterocycles. The van der Waals surface area contributed by atoms with Gasteiger partial charge in [-0.3, -0.25) is 14.3 Å². The van der Waals surface area contributed by atoms with Crippen molar-refractivity contribution in [1.82, 2.24) is 9.78 Å². The van der Waals surface area contributed by atoms with Gasteiger partial charge in [0.1, 0.15) is 0 Å². The number of ketones is 1. The molecule has 3 rings (SSSR count). The van der Waals surface area contributed by atoms with E-state index in [1.807, 2.05) is 13.8 Å². The highest BCUT2D eigenvalue weighted by Gasteiger charge is 2.32. The fraction of sp³-hybridized carbons (Fsp3) is 0.421. The van der Waals surface area contributed by atoms with Gasteiger partial charge in [-0.15, -0.1) is 0 Å². The molecule has 2 aromatic rings. The predicted octanol–water partition coefficient (Wildman–Crippen LogP) is 2.82. The molecule has 144 valence electrons. The summed E-state index contributed by atoms with van der Waals surface area (Å²) < 4.78 is 25.3. The van der Waals surface area contributed by atoms with Crippen molar-refractivity contribution in [3.05, 3.63) is 47.3 Å². The monoisotopic (exact) mass is 389 g/mol. The van der Waals surface area contributed by atoms with Crippen LogP contribution in [0.2, 0.25) is 0 Å². The summed E-state index contributed by atoms with van der Waals surface area (Å²) in [7, 11) is -3.05. The fourth-order valence-electron chi connectivity index (χ4n) is 3.22. The number of nitrogens with zero attached hydrogens (tertiary/aromatic N) is 2. The summed E-state index contributed by atoms with van der Waals surface area (Å²) in [4.78, 5) is 24.1. The van der Waals surface area contributed by atoms with Crippen LogP contribution in [-0.4, -0.2) is 41.4 Å². The Morgan fingerprint density at radius 3 is 2.59 bits per heavy atom. The lowest BCUT2D eigenvalue weighted by molar-refractivity contribution is 0.100. The molecule has 27 heavy (non-hydrogen) atoms. The van der Waals surface area contributed by atoms with Gasteiger partial charge in [0, 0.05) is 16.9 Å². The van der Waals surface area contributed by atoms with Crippen LogP contribution in [0.5, 0.6) is 0 Å². The second kappa shape index (κ2) is 7.26. The molecule has 2 heterocycles. The first-order valence-corrected chi connectivity index (χ1v) is 10.7. The molecule has 7 nitrogen and oxygen atoms in total. The molecule has 8 heteroatoms. The maximum atomic E-state index is 12.6. The number of rotatable bonds is 5. The first kappa shape index (κ1) is 19.3. The third kappa shape index (κ3) is 4.27. The zero-order chi connectivity index (χ0) is 19.8. The van der Waals surface area contributed by atoms with Crippen LogP contribution in [0.3, 0.4) is 0 Å². The Labute approximate surface area is 158 Å². The van der Waals surface area contributed by atoms with E-state index >= 15 is 0 Å². The Kier molecular flexibility index (Phi) is 5.19. The summed E-state index contributed by atoms with van der Waals surface area (Å²) in [6.07, 6.45) is 0.505. The molecule has 1 aliphatic rings. The lowest BCUT2D eigenvalue weighted by atomic mass is 10.1. The van der Waals surface area contributed by atoms with E-state index in [4.69, 9.17) is 0 Å². The number of carbonyl (C=O) groups is 2. The van der Waals surface area contributed by atoms with Gasteiger partial charge in [0.05, 0.1) is 17.5 Å².